The van der Waals surface area contributed by atoms with Crippen LogP contribution in [0.4, 0.5) is 28.4 Å². The van der Waals surface area contributed by atoms with E-state index in [0.717, 1.165) is 12.1 Å². The lowest BCUT2D eigenvalue weighted by Crippen LogP contribution is -2.57. The van der Waals surface area contributed by atoms with Gasteiger partial charge in [-0.25, -0.2) is 19.6 Å². The number of aliphatic hydroxyl groups excluding tert-OH is 1. The van der Waals surface area contributed by atoms with E-state index in [-0.39, 0.29) is 26.2 Å². The Labute approximate surface area is 188 Å². The molecule has 8 nitrogen and oxygen atoms in total. The van der Waals surface area contributed by atoms with Gasteiger partial charge in [-0.05, 0) is 56.5 Å². The number of alkyl halides is 3. The first-order valence-electron chi connectivity index (χ1n) is 10.8. The number of nitrogens with zero attached hydrogens (tertiary/aromatic N) is 2. The molecule has 3 aliphatic rings. The number of halogens is 3. The van der Waals surface area contributed by atoms with Gasteiger partial charge in [0.05, 0.1) is 30.4 Å². The van der Waals surface area contributed by atoms with Gasteiger partial charge < -0.3 is 19.9 Å². The van der Waals surface area contributed by atoms with Gasteiger partial charge in [0.25, 0.3) is 0 Å². The maximum atomic E-state index is 13.3. The minimum atomic E-state index is -4.49. The molecule has 1 aliphatic carbocycles. The molecule has 2 amide bonds. The van der Waals surface area contributed by atoms with Crippen molar-refractivity contribution in [2.45, 2.75) is 56.9 Å². The minimum Gasteiger partial charge on any atom is -0.448 e. The first kappa shape index (κ1) is 23.2. The molecular weight excluding hydrogens is 443 g/mol. The first-order chi connectivity index (χ1) is 15.6. The Bertz CT molecular complexity index is 998. The van der Waals surface area contributed by atoms with E-state index in [2.05, 4.69) is 5.32 Å². The molecule has 1 saturated heterocycles. The van der Waals surface area contributed by atoms with E-state index in [1.54, 1.807) is 26.8 Å². The third kappa shape index (κ3) is 3.49. The van der Waals surface area contributed by atoms with E-state index in [0.29, 0.717) is 16.8 Å². The van der Waals surface area contributed by atoms with Crippen molar-refractivity contribution in [3.63, 3.8) is 0 Å². The molecular formula is C22H26F3N3O5. The van der Waals surface area contributed by atoms with Crippen LogP contribution in [0.15, 0.2) is 29.8 Å². The van der Waals surface area contributed by atoms with E-state index in [1.165, 1.54) is 16.1 Å². The van der Waals surface area contributed by atoms with Gasteiger partial charge in [-0.2, -0.15) is 13.2 Å². The fourth-order valence-corrected chi connectivity index (χ4v) is 5.16. The average molecular weight is 469 g/mol. The lowest BCUT2D eigenvalue weighted by atomic mass is 9.87. The lowest BCUT2D eigenvalue weighted by Gasteiger charge is -2.38. The predicted molar refractivity (Wildman–Crippen MR) is 111 cm³/mol. The topological polar surface area (TPSA) is 91.3 Å². The lowest BCUT2D eigenvalue weighted by molar-refractivity contribution is -0.137. The number of fused-ring (bicyclic) bond motifs is 5. The fourth-order valence-electron chi connectivity index (χ4n) is 5.16. The van der Waals surface area contributed by atoms with Gasteiger partial charge in [-0.15, -0.1) is 0 Å². The highest BCUT2D eigenvalue weighted by Crippen LogP contribution is 2.55. The van der Waals surface area contributed by atoms with Crippen LogP contribution < -0.4 is 5.32 Å². The Morgan fingerprint density at radius 1 is 1.18 bits per heavy atom. The minimum absolute atomic E-state index is 0.0607. The summed E-state index contributed by atoms with van der Waals surface area (Å²) in [6.07, 6.45) is -4.15. The number of anilines is 1. The summed E-state index contributed by atoms with van der Waals surface area (Å²) in [6.45, 7) is 4.81. The second-order valence-corrected chi connectivity index (χ2v) is 8.36. The maximum Gasteiger partial charge on any atom is 0.429 e. The van der Waals surface area contributed by atoms with E-state index in [4.69, 9.17) is 9.47 Å². The van der Waals surface area contributed by atoms with E-state index < -0.39 is 47.5 Å². The van der Waals surface area contributed by atoms with Crippen LogP contribution in [0.3, 0.4) is 0 Å². The third-order valence-corrected chi connectivity index (χ3v) is 6.53. The van der Waals surface area contributed by atoms with Crippen LogP contribution in [-0.4, -0.2) is 64.8 Å². The van der Waals surface area contributed by atoms with Crippen molar-refractivity contribution in [3.8, 4) is 0 Å². The quantitative estimate of drug-likeness (QED) is 0.651. The molecule has 2 N–H and O–H groups in total. The van der Waals surface area contributed by atoms with Gasteiger partial charge in [-0.1, -0.05) is 6.08 Å². The summed E-state index contributed by atoms with van der Waals surface area (Å²) in [5.74, 6) is -0.457. The van der Waals surface area contributed by atoms with Crippen LogP contribution >= 0.6 is 0 Å². The Kier molecular flexibility index (Phi) is 5.71. The number of ether oxygens (including phenoxy) is 2. The van der Waals surface area contributed by atoms with Gasteiger partial charge in [0.15, 0.2) is 0 Å². The van der Waals surface area contributed by atoms with Gasteiger partial charge in [0, 0.05) is 18.2 Å². The van der Waals surface area contributed by atoms with Crippen molar-refractivity contribution in [3.05, 3.63) is 41.0 Å². The van der Waals surface area contributed by atoms with Crippen molar-refractivity contribution >= 4 is 17.9 Å². The van der Waals surface area contributed by atoms with Crippen LogP contribution in [0.25, 0.3) is 0 Å². The molecule has 180 valence electrons. The van der Waals surface area contributed by atoms with Crippen LogP contribution in [0.1, 0.15) is 44.2 Å². The van der Waals surface area contributed by atoms with E-state index >= 15 is 0 Å². The van der Waals surface area contributed by atoms with Crippen LogP contribution in [0, 0.1) is 0 Å². The third-order valence-electron chi connectivity index (χ3n) is 6.53. The molecule has 0 unspecified atom stereocenters. The zero-order valence-corrected chi connectivity index (χ0v) is 18.5. The molecule has 0 aromatic heterocycles. The molecule has 1 aromatic rings. The van der Waals surface area contributed by atoms with E-state index in [1.807, 2.05) is 0 Å². The first-order valence-corrected chi connectivity index (χ1v) is 10.8. The largest absolute Gasteiger partial charge is 0.448 e. The number of aliphatic hydroxyl groups is 1. The van der Waals surface area contributed by atoms with Crippen molar-refractivity contribution in [1.29, 1.82) is 0 Å². The van der Waals surface area contributed by atoms with E-state index in [9.17, 15) is 27.9 Å². The molecule has 33 heavy (non-hydrogen) atoms. The van der Waals surface area contributed by atoms with Gasteiger partial charge in [0.2, 0.25) is 0 Å². The zero-order valence-electron chi connectivity index (χ0n) is 18.5. The van der Waals surface area contributed by atoms with Crippen molar-refractivity contribution < 1.29 is 37.3 Å². The summed E-state index contributed by atoms with van der Waals surface area (Å²) in [5.41, 5.74) is -0.243. The van der Waals surface area contributed by atoms with Gasteiger partial charge in [-0.3, -0.25) is 0 Å². The molecule has 11 heteroatoms. The highest BCUT2D eigenvalue weighted by molar-refractivity contribution is 5.80. The summed E-state index contributed by atoms with van der Waals surface area (Å²) in [4.78, 5) is 26.0. The second kappa shape index (κ2) is 8.12. The van der Waals surface area contributed by atoms with Gasteiger partial charge >= 0.3 is 18.4 Å². The molecule has 0 radical (unpaired) electrons. The fraction of sp³-hybridized carbons (Fsp3) is 0.545. The Morgan fingerprint density at radius 2 is 1.85 bits per heavy atom. The monoisotopic (exact) mass is 469 g/mol. The summed E-state index contributed by atoms with van der Waals surface area (Å²) in [5, 5.41) is 15.4. The van der Waals surface area contributed by atoms with Crippen LogP contribution in [0.5, 0.6) is 0 Å². The molecule has 0 bridgehead atoms. The van der Waals surface area contributed by atoms with Crippen molar-refractivity contribution in [2.75, 3.05) is 25.1 Å². The highest BCUT2D eigenvalue weighted by Gasteiger charge is 2.63. The molecule has 4 atom stereocenters. The number of benzene rings is 1. The molecule has 4 rings (SSSR count). The number of carbonyl (C=O) groups is 2. The van der Waals surface area contributed by atoms with Crippen LogP contribution in [0.2, 0.25) is 0 Å². The second-order valence-electron chi connectivity index (χ2n) is 8.36. The Hall–Kier alpha value is -2.95. The average Bonchev–Trinajstić information content (AvgIpc) is 3.34. The molecule has 0 saturated carbocycles. The standard InChI is InChI=1S/C22H26F3N3O5/c1-4-32-19(30)27-18-15(21(3,8-9-29)28(27)20(31)33-5-2)11-14-13-10-12(22(23,24)25)6-7-16(13)26-17(14)18/h6-7,10-11,14,17-18,26,29H,4-5,8-9H2,1-3H3/t14-,17+,18+,21+/m0/s1. The normalized spacial score (nSPS) is 27.5. The molecule has 0 spiro atoms. The molecule has 1 fully saturated rings. The summed E-state index contributed by atoms with van der Waals surface area (Å²) in [7, 11) is 0. The highest BCUT2D eigenvalue weighted by atomic mass is 19.4. The van der Waals surface area contributed by atoms with Crippen molar-refractivity contribution in [1.82, 2.24) is 10.0 Å². The van der Waals surface area contributed by atoms with Crippen LogP contribution in [-0.2, 0) is 15.7 Å². The Balaban J connectivity index is 1.83. The number of nitrogens with one attached hydrogen (secondary N) is 1. The summed E-state index contributed by atoms with van der Waals surface area (Å²) in [6, 6.07) is 2.28. The predicted octanol–water partition coefficient (Wildman–Crippen LogP) is 3.88. The van der Waals surface area contributed by atoms with Crippen molar-refractivity contribution in [2.24, 2.45) is 0 Å². The number of carbonyl (C=O) groups excluding carboxylic acids is 2. The molecule has 2 aliphatic heterocycles. The summed E-state index contributed by atoms with van der Waals surface area (Å²) >= 11 is 0. The maximum absolute atomic E-state index is 13.3. The number of hydrogen-bond acceptors (Lipinski definition) is 6. The number of amides is 2. The number of hydrazine groups is 1. The van der Waals surface area contributed by atoms with Gasteiger partial charge in [0.1, 0.15) is 6.04 Å². The number of hydrogen-bond donors (Lipinski definition) is 2. The SMILES string of the molecule is CCOC(=O)N1[C@@H]2C(=C[C@H]3c4cc(C(F)(F)F)ccc4N[C@@H]23)[C@@](C)(CCO)N1C(=O)OCC. The number of rotatable bonds is 4. The summed E-state index contributed by atoms with van der Waals surface area (Å²) < 4.78 is 50.4. The molecule has 2 heterocycles. The Morgan fingerprint density at radius 3 is 2.45 bits per heavy atom. The zero-order chi connectivity index (χ0) is 24.1. The smallest absolute Gasteiger partial charge is 0.429 e. The molecule has 1 aromatic carbocycles.